The van der Waals surface area contributed by atoms with Crippen molar-refractivity contribution in [3.8, 4) is 11.5 Å². The van der Waals surface area contributed by atoms with Gasteiger partial charge in [-0.15, -0.1) is 0 Å². The summed E-state index contributed by atoms with van der Waals surface area (Å²) in [6, 6.07) is 13.2. The minimum absolute atomic E-state index is 0.0664. The Labute approximate surface area is 236 Å². The number of pyridine rings is 1. The van der Waals surface area contributed by atoms with Gasteiger partial charge in [0, 0.05) is 25.1 Å². The number of nitrogens with zero attached hydrogens (tertiary/aromatic N) is 1. The van der Waals surface area contributed by atoms with Gasteiger partial charge in [-0.1, -0.05) is 24.3 Å². The van der Waals surface area contributed by atoms with E-state index in [9.17, 15) is 23.2 Å². The average molecular weight is 571 g/mol. The fourth-order valence-corrected chi connectivity index (χ4v) is 4.07. The number of hydrogen-bond donors (Lipinski definition) is 1. The lowest BCUT2D eigenvalue weighted by Gasteiger charge is -2.30. The molecular weight excluding hydrogens is 538 g/mol. The van der Waals surface area contributed by atoms with Gasteiger partial charge in [-0.2, -0.15) is 0 Å². The van der Waals surface area contributed by atoms with Crippen LogP contribution < -0.4 is 14.8 Å². The van der Waals surface area contributed by atoms with E-state index in [1.165, 1.54) is 50.4 Å². The highest BCUT2D eigenvalue weighted by molar-refractivity contribution is 5.97. The number of amides is 1. The highest BCUT2D eigenvalue weighted by Crippen LogP contribution is 2.32. The Kier molecular flexibility index (Phi) is 10.9. The van der Waals surface area contributed by atoms with Crippen molar-refractivity contribution < 1.29 is 42.1 Å². The predicted octanol–water partition coefficient (Wildman–Crippen LogP) is 4.58. The van der Waals surface area contributed by atoms with E-state index in [1.807, 2.05) is 0 Å². The van der Waals surface area contributed by atoms with Crippen molar-refractivity contribution in [2.24, 2.45) is 0 Å². The van der Waals surface area contributed by atoms with Gasteiger partial charge >= 0.3 is 5.97 Å². The van der Waals surface area contributed by atoms with Gasteiger partial charge in [-0.3, -0.25) is 9.59 Å². The highest BCUT2D eigenvalue weighted by Gasteiger charge is 2.32. The highest BCUT2D eigenvalue weighted by atomic mass is 19.1. The van der Waals surface area contributed by atoms with Crippen LogP contribution in [0.15, 0.2) is 60.8 Å². The lowest BCUT2D eigenvalue weighted by molar-refractivity contribution is -0.147. The summed E-state index contributed by atoms with van der Waals surface area (Å²) in [5.74, 6) is -2.47. The maximum atomic E-state index is 13.6. The lowest BCUT2D eigenvalue weighted by Crippen LogP contribution is -2.52. The summed E-state index contributed by atoms with van der Waals surface area (Å²) in [6.45, 7) is 5.72. The first-order valence-electron chi connectivity index (χ1n) is 12.9. The second-order valence-corrected chi connectivity index (χ2v) is 9.40. The molecule has 0 spiro atoms. The van der Waals surface area contributed by atoms with E-state index in [4.69, 9.17) is 18.9 Å². The molecule has 2 aromatic carbocycles. The zero-order valence-electron chi connectivity index (χ0n) is 23.2. The monoisotopic (exact) mass is 570 g/mol. The molecule has 0 unspecified atom stereocenters. The smallest absolute Gasteiger partial charge is 0.305 e. The first-order chi connectivity index (χ1) is 19.6. The topological polar surface area (TPSA) is 113 Å². The number of nitrogens with one attached hydrogen (secondary N) is 1. The Morgan fingerprint density at radius 2 is 1.59 bits per heavy atom. The standard InChI is InChI=1S/C30H32F2N2O7/c1-5-38-25-14-15-33-27(28(25)41-18-40-20(3)36)29(37)34-30(4,16-35)17-39-19(2)26(21-6-10-23(31)11-7-21)22-8-12-24(32)13-9-22/h6-16,19,26H,5,17-18H2,1-4H3,(H,34,37)/t19-,30+/m0/s1. The molecule has 0 radical (unpaired) electrons. The fraction of sp³-hybridized carbons (Fsp3) is 0.333. The lowest BCUT2D eigenvalue weighted by atomic mass is 9.87. The van der Waals surface area contributed by atoms with E-state index in [1.54, 1.807) is 38.1 Å². The van der Waals surface area contributed by atoms with Gasteiger partial charge in [0.25, 0.3) is 5.91 Å². The summed E-state index contributed by atoms with van der Waals surface area (Å²) < 4.78 is 49.1. The molecule has 3 rings (SSSR count). The van der Waals surface area contributed by atoms with Crippen molar-refractivity contribution >= 4 is 18.2 Å². The molecule has 41 heavy (non-hydrogen) atoms. The molecule has 3 aromatic rings. The number of benzene rings is 2. The maximum absolute atomic E-state index is 13.6. The molecule has 1 N–H and O–H groups in total. The third-order valence-electron chi connectivity index (χ3n) is 6.08. The van der Waals surface area contributed by atoms with Crippen molar-refractivity contribution in [1.29, 1.82) is 0 Å². The van der Waals surface area contributed by atoms with E-state index in [-0.39, 0.29) is 30.4 Å². The number of rotatable bonds is 14. The van der Waals surface area contributed by atoms with Crippen LogP contribution in [0, 0.1) is 11.6 Å². The van der Waals surface area contributed by atoms with Crippen molar-refractivity contribution in [3.05, 3.63) is 89.2 Å². The Morgan fingerprint density at radius 3 is 2.10 bits per heavy atom. The summed E-state index contributed by atoms with van der Waals surface area (Å²) in [7, 11) is 0. The second-order valence-electron chi connectivity index (χ2n) is 9.40. The number of hydrogen-bond acceptors (Lipinski definition) is 8. The molecule has 11 heteroatoms. The Morgan fingerprint density at radius 1 is 1.00 bits per heavy atom. The van der Waals surface area contributed by atoms with Gasteiger partial charge in [0.1, 0.15) is 23.5 Å². The third kappa shape index (κ3) is 8.55. The third-order valence-corrected chi connectivity index (χ3v) is 6.08. The van der Waals surface area contributed by atoms with Crippen LogP contribution in [0.25, 0.3) is 0 Å². The van der Waals surface area contributed by atoms with Crippen molar-refractivity contribution in [2.45, 2.75) is 45.3 Å². The van der Waals surface area contributed by atoms with E-state index in [0.717, 1.165) is 0 Å². The van der Waals surface area contributed by atoms with Crippen LogP contribution in [0.4, 0.5) is 8.78 Å². The molecule has 1 heterocycles. The number of carbonyl (C=O) groups excluding carboxylic acids is 3. The molecule has 1 aromatic heterocycles. The van der Waals surface area contributed by atoms with Gasteiger partial charge in [0.05, 0.1) is 19.3 Å². The molecule has 0 aliphatic rings. The molecule has 0 saturated heterocycles. The first kappa shape index (κ1) is 31.2. The van der Waals surface area contributed by atoms with Crippen molar-refractivity contribution in [3.63, 3.8) is 0 Å². The molecule has 0 aliphatic carbocycles. The van der Waals surface area contributed by atoms with Crippen LogP contribution >= 0.6 is 0 Å². The van der Waals surface area contributed by atoms with Gasteiger partial charge < -0.3 is 29.1 Å². The van der Waals surface area contributed by atoms with Crippen LogP contribution in [0.5, 0.6) is 11.5 Å². The summed E-state index contributed by atoms with van der Waals surface area (Å²) in [4.78, 5) is 40.7. The molecule has 0 saturated carbocycles. The van der Waals surface area contributed by atoms with E-state index in [0.29, 0.717) is 17.4 Å². The molecule has 0 aliphatic heterocycles. The zero-order chi connectivity index (χ0) is 30.0. The first-order valence-corrected chi connectivity index (χ1v) is 12.9. The van der Waals surface area contributed by atoms with Crippen LogP contribution in [-0.2, 0) is 19.1 Å². The Balaban J connectivity index is 1.80. The van der Waals surface area contributed by atoms with E-state index in [2.05, 4.69) is 10.3 Å². The minimum Gasteiger partial charge on any atom is -0.490 e. The number of esters is 1. The van der Waals surface area contributed by atoms with Gasteiger partial charge in [-0.05, 0) is 56.2 Å². The summed E-state index contributed by atoms with van der Waals surface area (Å²) in [5.41, 5.74) is -0.264. The van der Waals surface area contributed by atoms with Crippen LogP contribution in [0.3, 0.4) is 0 Å². The second kappa shape index (κ2) is 14.3. The van der Waals surface area contributed by atoms with Crippen LogP contribution in [0.2, 0.25) is 0 Å². The number of ether oxygens (including phenoxy) is 4. The average Bonchev–Trinajstić information content (AvgIpc) is 2.94. The Bertz CT molecular complexity index is 1290. The molecule has 2 atom stereocenters. The molecule has 0 fully saturated rings. The zero-order valence-corrected chi connectivity index (χ0v) is 23.2. The maximum Gasteiger partial charge on any atom is 0.305 e. The van der Waals surface area contributed by atoms with Gasteiger partial charge in [0.15, 0.2) is 17.2 Å². The number of carbonyl (C=O) groups is 3. The van der Waals surface area contributed by atoms with Crippen molar-refractivity contribution in [2.75, 3.05) is 20.0 Å². The summed E-state index contributed by atoms with van der Waals surface area (Å²) in [5, 5.41) is 2.62. The molecule has 1 amide bonds. The van der Waals surface area contributed by atoms with Crippen LogP contribution in [-0.4, -0.2) is 54.8 Å². The number of aldehydes is 1. The fourth-order valence-electron chi connectivity index (χ4n) is 4.07. The molecule has 0 bridgehead atoms. The van der Waals surface area contributed by atoms with Gasteiger partial charge in [0.2, 0.25) is 6.79 Å². The predicted molar refractivity (Wildman–Crippen MR) is 145 cm³/mol. The Hall–Kier alpha value is -4.38. The molecular formula is C30H32F2N2O7. The SMILES string of the molecule is CCOc1ccnc(C(=O)N[C@](C)(C=O)CO[C@@H](C)C(c2ccc(F)cc2)c2ccc(F)cc2)c1OCOC(C)=O. The summed E-state index contributed by atoms with van der Waals surface area (Å²) in [6.07, 6.45) is 1.30. The van der Waals surface area contributed by atoms with Crippen molar-refractivity contribution in [1.82, 2.24) is 10.3 Å². The summed E-state index contributed by atoms with van der Waals surface area (Å²) >= 11 is 0. The molecule has 218 valence electrons. The normalized spacial score (nSPS) is 13.1. The van der Waals surface area contributed by atoms with Crippen LogP contribution in [0.1, 0.15) is 55.2 Å². The van der Waals surface area contributed by atoms with Gasteiger partial charge in [-0.25, -0.2) is 13.8 Å². The molecule has 9 nitrogen and oxygen atoms in total. The quantitative estimate of drug-likeness (QED) is 0.170. The van der Waals surface area contributed by atoms with E-state index >= 15 is 0 Å². The largest absolute Gasteiger partial charge is 0.490 e. The minimum atomic E-state index is -1.50. The number of aromatic nitrogens is 1. The number of halogens is 2. The van der Waals surface area contributed by atoms with E-state index < -0.39 is 47.9 Å².